The van der Waals surface area contributed by atoms with Gasteiger partial charge in [0.2, 0.25) is 10.0 Å². The molecule has 0 fully saturated rings. The molecule has 1 amide bonds. The Kier molecular flexibility index (Phi) is 5.10. The van der Waals surface area contributed by atoms with Crippen molar-refractivity contribution in [1.29, 1.82) is 0 Å². The van der Waals surface area contributed by atoms with Gasteiger partial charge in [-0.15, -0.1) is 0 Å². The molecule has 5 rings (SSSR count). The summed E-state index contributed by atoms with van der Waals surface area (Å²) < 4.78 is 26.9. The number of hydrogen-bond donors (Lipinski definition) is 2. The summed E-state index contributed by atoms with van der Waals surface area (Å²) in [4.78, 5) is 12.1. The number of sulfonamides is 1. The molecule has 33 heavy (non-hydrogen) atoms. The van der Waals surface area contributed by atoms with Gasteiger partial charge in [0, 0.05) is 23.4 Å². The molecule has 0 atom stereocenters. The van der Waals surface area contributed by atoms with Crippen LogP contribution in [0.5, 0.6) is 0 Å². The topological polar surface area (TPSA) is 139 Å². The average Bonchev–Trinajstić information content (AvgIpc) is 3.39. The number of rotatable bonds is 6. The molecule has 9 nitrogen and oxygen atoms in total. The summed E-state index contributed by atoms with van der Waals surface area (Å²) in [7, 11) is -3.82. The van der Waals surface area contributed by atoms with Crippen molar-refractivity contribution in [2.75, 3.05) is 0 Å². The molecular weight excluding hydrogens is 440 g/mol. The number of primary sulfonamides is 1. The number of carbonyl (C=O) groups is 1. The Morgan fingerprint density at radius 2 is 1.76 bits per heavy atom. The normalized spacial score (nSPS) is 12.9. The van der Waals surface area contributed by atoms with Crippen LogP contribution in [0.25, 0.3) is 16.9 Å². The highest BCUT2D eigenvalue weighted by Gasteiger charge is 2.30. The van der Waals surface area contributed by atoms with Gasteiger partial charge in [0.25, 0.3) is 5.91 Å². The lowest BCUT2D eigenvalue weighted by atomic mass is 9.93. The molecule has 0 spiro atoms. The van der Waals surface area contributed by atoms with Crippen LogP contribution in [0, 0.1) is 0 Å². The van der Waals surface area contributed by atoms with Gasteiger partial charge >= 0.3 is 0 Å². The number of amides is 1. The third kappa shape index (κ3) is 3.83. The third-order valence-corrected chi connectivity index (χ3v) is 6.83. The number of aryl methyl sites for hydroxylation is 2. The van der Waals surface area contributed by atoms with Gasteiger partial charge in [0.05, 0.1) is 22.5 Å². The zero-order chi connectivity index (χ0) is 23.2. The number of hydrogen-bond acceptors (Lipinski definition) is 5. The maximum absolute atomic E-state index is 12.1. The van der Waals surface area contributed by atoms with Crippen molar-refractivity contribution in [3.05, 3.63) is 83.3 Å². The summed E-state index contributed by atoms with van der Waals surface area (Å²) in [6, 6.07) is 16.2. The minimum atomic E-state index is -3.82. The van der Waals surface area contributed by atoms with Crippen molar-refractivity contribution in [2.24, 2.45) is 10.9 Å². The first-order valence-electron chi connectivity index (χ1n) is 10.5. The molecule has 168 valence electrons. The Bertz CT molecular complexity index is 1450. The quantitative estimate of drug-likeness (QED) is 0.450. The first kappa shape index (κ1) is 21.1. The summed E-state index contributed by atoms with van der Waals surface area (Å²) in [5, 5.41) is 14.3. The molecule has 1 aliphatic rings. The predicted octanol–water partition coefficient (Wildman–Crippen LogP) is 1.82. The Labute approximate surface area is 190 Å². The molecule has 2 aromatic carbocycles. The van der Waals surface area contributed by atoms with E-state index >= 15 is 0 Å². The molecular formula is C23H22N6O3S. The molecule has 0 saturated carbocycles. The van der Waals surface area contributed by atoms with E-state index < -0.39 is 15.9 Å². The highest BCUT2D eigenvalue weighted by atomic mass is 32.2. The fourth-order valence-electron chi connectivity index (χ4n) is 4.31. The van der Waals surface area contributed by atoms with Gasteiger partial charge in [-0.2, -0.15) is 10.2 Å². The predicted molar refractivity (Wildman–Crippen MR) is 122 cm³/mol. The highest BCUT2D eigenvalue weighted by molar-refractivity contribution is 7.89. The van der Waals surface area contributed by atoms with E-state index in [9.17, 15) is 13.2 Å². The van der Waals surface area contributed by atoms with Gasteiger partial charge in [0.15, 0.2) is 5.69 Å². The zero-order valence-electron chi connectivity index (χ0n) is 17.7. The number of benzene rings is 2. The van der Waals surface area contributed by atoms with E-state index in [4.69, 9.17) is 10.9 Å². The standard InChI is InChI=1S/C23H22N6O3S/c24-23(30)21-18-10-11-20-19(14-26-28(20)13-12-15-4-2-1-3-5-15)22(18)29(27-21)16-6-8-17(9-7-16)33(25,31)32/h1-9,14H,10-13H2,(H2,24,30)(H2,25,31,32). The van der Waals surface area contributed by atoms with Crippen LogP contribution in [0.4, 0.5) is 0 Å². The molecule has 4 N–H and O–H groups in total. The van der Waals surface area contributed by atoms with Crippen LogP contribution in [0.15, 0.2) is 65.7 Å². The van der Waals surface area contributed by atoms with Crippen LogP contribution in [-0.2, 0) is 35.8 Å². The van der Waals surface area contributed by atoms with E-state index in [1.807, 2.05) is 22.9 Å². The largest absolute Gasteiger partial charge is 0.364 e. The summed E-state index contributed by atoms with van der Waals surface area (Å²) in [5.74, 6) is -0.605. The Balaban J connectivity index is 1.57. The second kappa shape index (κ2) is 7.98. The number of aromatic nitrogens is 4. The van der Waals surface area contributed by atoms with Crippen LogP contribution < -0.4 is 10.9 Å². The molecule has 0 saturated heterocycles. The Morgan fingerprint density at radius 3 is 2.42 bits per heavy atom. The highest BCUT2D eigenvalue weighted by Crippen LogP contribution is 2.37. The third-order valence-electron chi connectivity index (χ3n) is 5.90. The van der Waals surface area contributed by atoms with Crippen LogP contribution in [-0.4, -0.2) is 33.9 Å². The summed E-state index contributed by atoms with van der Waals surface area (Å²) in [5.41, 5.74) is 11.1. The van der Waals surface area contributed by atoms with Gasteiger partial charge in [-0.25, -0.2) is 18.2 Å². The van der Waals surface area contributed by atoms with Gasteiger partial charge < -0.3 is 5.73 Å². The number of carbonyl (C=O) groups excluding carboxylic acids is 1. The van der Waals surface area contributed by atoms with Crippen molar-refractivity contribution in [1.82, 2.24) is 19.6 Å². The smallest absolute Gasteiger partial charge is 0.269 e. The van der Waals surface area contributed by atoms with Gasteiger partial charge in [-0.05, 0) is 49.1 Å². The lowest BCUT2D eigenvalue weighted by Gasteiger charge is -2.17. The van der Waals surface area contributed by atoms with E-state index in [0.717, 1.165) is 35.5 Å². The van der Waals surface area contributed by atoms with Crippen LogP contribution in [0.2, 0.25) is 0 Å². The molecule has 1 aliphatic carbocycles. The van der Waals surface area contributed by atoms with E-state index in [0.29, 0.717) is 18.5 Å². The van der Waals surface area contributed by atoms with Crippen molar-refractivity contribution in [3.8, 4) is 16.9 Å². The lowest BCUT2D eigenvalue weighted by Crippen LogP contribution is -2.16. The second-order valence-corrected chi connectivity index (χ2v) is 9.52. The monoisotopic (exact) mass is 462 g/mol. The fourth-order valence-corrected chi connectivity index (χ4v) is 4.83. The van der Waals surface area contributed by atoms with Crippen molar-refractivity contribution >= 4 is 15.9 Å². The van der Waals surface area contributed by atoms with Gasteiger partial charge in [-0.1, -0.05) is 30.3 Å². The van der Waals surface area contributed by atoms with E-state index in [1.165, 1.54) is 17.7 Å². The summed E-state index contributed by atoms with van der Waals surface area (Å²) in [6.07, 6.45) is 3.96. The number of nitrogens with zero attached hydrogens (tertiary/aromatic N) is 4. The van der Waals surface area contributed by atoms with E-state index in [2.05, 4.69) is 22.3 Å². The second-order valence-electron chi connectivity index (χ2n) is 7.95. The first-order valence-corrected chi connectivity index (χ1v) is 12.0. The van der Waals surface area contributed by atoms with Gasteiger partial charge in [-0.3, -0.25) is 9.48 Å². The molecule has 2 aromatic heterocycles. The Morgan fingerprint density at radius 1 is 1.03 bits per heavy atom. The summed E-state index contributed by atoms with van der Waals surface area (Å²) >= 11 is 0. The number of nitrogens with two attached hydrogens (primary N) is 2. The number of fused-ring (bicyclic) bond motifs is 3. The molecule has 10 heteroatoms. The van der Waals surface area contributed by atoms with Crippen LogP contribution in [0.1, 0.15) is 27.3 Å². The first-order chi connectivity index (χ1) is 15.8. The van der Waals surface area contributed by atoms with E-state index in [-0.39, 0.29) is 10.6 Å². The molecule has 0 bridgehead atoms. The van der Waals surface area contributed by atoms with Gasteiger partial charge in [0.1, 0.15) is 0 Å². The number of primary amides is 1. The molecule has 0 radical (unpaired) electrons. The fraction of sp³-hybridized carbons (Fsp3) is 0.174. The van der Waals surface area contributed by atoms with Crippen molar-refractivity contribution in [2.45, 2.75) is 30.7 Å². The van der Waals surface area contributed by atoms with Crippen molar-refractivity contribution in [3.63, 3.8) is 0 Å². The van der Waals surface area contributed by atoms with Crippen LogP contribution >= 0.6 is 0 Å². The minimum Gasteiger partial charge on any atom is -0.364 e. The Hall–Kier alpha value is -3.76. The lowest BCUT2D eigenvalue weighted by molar-refractivity contribution is 0.0994. The van der Waals surface area contributed by atoms with Crippen LogP contribution in [0.3, 0.4) is 0 Å². The summed E-state index contributed by atoms with van der Waals surface area (Å²) in [6.45, 7) is 0.731. The van der Waals surface area contributed by atoms with E-state index in [1.54, 1.807) is 23.0 Å². The molecule has 0 aliphatic heterocycles. The average molecular weight is 463 g/mol. The van der Waals surface area contributed by atoms with Crippen molar-refractivity contribution < 1.29 is 13.2 Å². The zero-order valence-corrected chi connectivity index (χ0v) is 18.5. The maximum Gasteiger partial charge on any atom is 0.269 e. The minimum absolute atomic E-state index is 0.00295. The molecule has 0 unspecified atom stereocenters. The molecule has 4 aromatic rings. The maximum atomic E-state index is 12.1. The molecule has 2 heterocycles. The SMILES string of the molecule is NC(=O)c1nn(-c2ccc(S(N)(=O)=O)cc2)c2c1CCc1c-2cnn1CCc1ccccc1.